The molecular formula is C18H21FN2O4S. The summed E-state index contributed by atoms with van der Waals surface area (Å²) < 4.78 is 40.6. The van der Waals surface area contributed by atoms with Crippen LogP contribution in [0.4, 0.5) is 4.39 Å². The van der Waals surface area contributed by atoms with Crippen molar-refractivity contribution in [2.24, 2.45) is 0 Å². The van der Waals surface area contributed by atoms with Crippen LogP contribution in [-0.2, 0) is 10.0 Å². The van der Waals surface area contributed by atoms with Gasteiger partial charge in [-0.05, 0) is 42.3 Å². The van der Waals surface area contributed by atoms with Crippen molar-refractivity contribution in [1.82, 2.24) is 10.0 Å². The van der Waals surface area contributed by atoms with Crippen LogP contribution >= 0.6 is 0 Å². The molecule has 1 atom stereocenters. The van der Waals surface area contributed by atoms with Crippen molar-refractivity contribution in [2.75, 3.05) is 13.2 Å². The molecule has 0 saturated heterocycles. The number of carbonyl (C=O) groups is 1. The van der Waals surface area contributed by atoms with E-state index in [1.54, 1.807) is 0 Å². The Morgan fingerprint density at radius 1 is 1.19 bits per heavy atom. The third-order valence-electron chi connectivity index (χ3n) is 3.69. The molecule has 26 heavy (non-hydrogen) atoms. The molecule has 0 fully saturated rings. The largest absolute Gasteiger partial charge is 0.394 e. The lowest BCUT2D eigenvalue weighted by atomic mass is 10.1. The second kappa shape index (κ2) is 8.88. The van der Waals surface area contributed by atoms with E-state index >= 15 is 0 Å². The lowest BCUT2D eigenvalue weighted by Crippen LogP contribution is -2.31. The summed E-state index contributed by atoms with van der Waals surface area (Å²) >= 11 is 0. The Balaban J connectivity index is 2.23. The number of benzene rings is 2. The molecular weight excluding hydrogens is 359 g/mol. The molecule has 6 nitrogen and oxygen atoms in total. The molecule has 0 spiro atoms. The molecule has 1 unspecified atom stereocenters. The van der Waals surface area contributed by atoms with Crippen molar-refractivity contribution < 1.29 is 22.7 Å². The lowest BCUT2D eigenvalue weighted by Gasteiger charge is -2.17. The molecule has 0 aliphatic heterocycles. The first-order valence-electron chi connectivity index (χ1n) is 8.14. The van der Waals surface area contributed by atoms with Gasteiger partial charge in [0.15, 0.2) is 0 Å². The summed E-state index contributed by atoms with van der Waals surface area (Å²) in [6.45, 7) is 1.91. The van der Waals surface area contributed by atoms with E-state index in [2.05, 4.69) is 10.0 Å². The zero-order chi connectivity index (χ0) is 19.2. The Kier molecular flexibility index (Phi) is 6.84. The zero-order valence-corrected chi connectivity index (χ0v) is 15.1. The zero-order valence-electron chi connectivity index (χ0n) is 14.3. The number of halogens is 1. The molecule has 2 aromatic carbocycles. The fourth-order valence-electron chi connectivity index (χ4n) is 2.31. The summed E-state index contributed by atoms with van der Waals surface area (Å²) in [5.74, 6) is -0.819. The van der Waals surface area contributed by atoms with Gasteiger partial charge in [0, 0.05) is 12.1 Å². The second-order valence-corrected chi connectivity index (χ2v) is 7.41. The maximum Gasteiger partial charge on any atom is 0.251 e. The third kappa shape index (κ3) is 5.10. The number of nitrogens with one attached hydrogen (secondary N) is 2. The fourth-order valence-corrected chi connectivity index (χ4v) is 3.57. The third-order valence-corrected chi connectivity index (χ3v) is 5.16. The van der Waals surface area contributed by atoms with Crippen LogP contribution in [0.15, 0.2) is 53.4 Å². The van der Waals surface area contributed by atoms with Crippen LogP contribution in [0.5, 0.6) is 0 Å². The smallest absolute Gasteiger partial charge is 0.251 e. The molecule has 1 amide bonds. The number of hydrogen-bond acceptors (Lipinski definition) is 4. The number of carbonyl (C=O) groups excluding carboxylic acids is 1. The molecule has 0 aromatic heterocycles. The van der Waals surface area contributed by atoms with E-state index in [1.165, 1.54) is 48.5 Å². The van der Waals surface area contributed by atoms with E-state index in [-0.39, 0.29) is 16.4 Å². The predicted molar refractivity (Wildman–Crippen MR) is 95.6 cm³/mol. The first-order valence-corrected chi connectivity index (χ1v) is 9.62. The molecule has 140 valence electrons. The fraction of sp³-hybridized carbons (Fsp3) is 0.278. The van der Waals surface area contributed by atoms with Crippen molar-refractivity contribution in [3.63, 3.8) is 0 Å². The topological polar surface area (TPSA) is 95.5 Å². The number of aliphatic hydroxyl groups excluding tert-OH is 1. The Morgan fingerprint density at radius 2 is 1.88 bits per heavy atom. The standard InChI is InChI=1S/C18H21FN2O4S/c1-2-10-20-18(23)14-4-3-5-16(11-14)26(24,25)21-17(12-22)13-6-8-15(19)9-7-13/h3-9,11,17,21-22H,2,10,12H2,1H3,(H,20,23). The van der Waals surface area contributed by atoms with Gasteiger partial charge in [-0.25, -0.2) is 17.5 Å². The molecule has 8 heteroatoms. The number of hydrogen-bond donors (Lipinski definition) is 3. The molecule has 0 heterocycles. The maximum atomic E-state index is 13.0. The Bertz CT molecular complexity index is 854. The van der Waals surface area contributed by atoms with Crippen LogP contribution in [0.25, 0.3) is 0 Å². The Morgan fingerprint density at radius 3 is 2.50 bits per heavy atom. The minimum absolute atomic E-state index is 0.0952. The van der Waals surface area contributed by atoms with Crippen molar-refractivity contribution in [3.8, 4) is 0 Å². The molecule has 3 N–H and O–H groups in total. The summed E-state index contributed by atoms with van der Waals surface area (Å²) in [7, 11) is -3.99. The van der Waals surface area contributed by atoms with Gasteiger partial charge in [0.25, 0.3) is 5.91 Å². The van der Waals surface area contributed by atoms with Crippen molar-refractivity contribution >= 4 is 15.9 Å². The van der Waals surface area contributed by atoms with Crippen LogP contribution in [0.1, 0.15) is 35.3 Å². The van der Waals surface area contributed by atoms with Crippen LogP contribution in [0, 0.1) is 5.82 Å². The summed E-state index contributed by atoms with van der Waals surface area (Å²) in [5.41, 5.74) is 0.651. The van der Waals surface area contributed by atoms with Gasteiger partial charge < -0.3 is 10.4 Å². The monoisotopic (exact) mass is 380 g/mol. The highest BCUT2D eigenvalue weighted by Gasteiger charge is 2.22. The van der Waals surface area contributed by atoms with Crippen LogP contribution in [-0.4, -0.2) is 32.6 Å². The van der Waals surface area contributed by atoms with Gasteiger partial charge in [-0.1, -0.05) is 25.1 Å². The molecule has 0 aliphatic carbocycles. The van der Waals surface area contributed by atoms with Gasteiger partial charge in [0.05, 0.1) is 17.5 Å². The highest BCUT2D eigenvalue weighted by Crippen LogP contribution is 2.18. The molecule has 0 aliphatic rings. The van der Waals surface area contributed by atoms with E-state index in [0.717, 1.165) is 6.42 Å². The van der Waals surface area contributed by atoms with Crippen LogP contribution in [0.2, 0.25) is 0 Å². The van der Waals surface area contributed by atoms with Gasteiger partial charge in [-0.2, -0.15) is 0 Å². The second-order valence-electron chi connectivity index (χ2n) is 5.69. The van der Waals surface area contributed by atoms with Crippen LogP contribution in [0.3, 0.4) is 0 Å². The van der Waals surface area contributed by atoms with Gasteiger partial charge in [0.1, 0.15) is 5.82 Å². The minimum Gasteiger partial charge on any atom is -0.394 e. The summed E-state index contributed by atoms with van der Waals surface area (Å²) in [6, 6.07) is 9.86. The summed E-state index contributed by atoms with van der Waals surface area (Å²) in [4.78, 5) is 11.9. The number of aliphatic hydroxyl groups is 1. The van der Waals surface area contributed by atoms with Gasteiger partial charge in [0.2, 0.25) is 10.0 Å². The normalized spacial score (nSPS) is 12.6. The molecule has 0 radical (unpaired) electrons. The highest BCUT2D eigenvalue weighted by molar-refractivity contribution is 7.89. The number of amides is 1. The number of rotatable bonds is 8. The number of sulfonamides is 1. The van der Waals surface area contributed by atoms with Crippen molar-refractivity contribution in [2.45, 2.75) is 24.3 Å². The van der Waals surface area contributed by atoms with Crippen molar-refractivity contribution in [1.29, 1.82) is 0 Å². The predicted octanol–water partition coefficient (Wildman–Crippen LogP) is 1.98. The summed E-state index contributed by atoms with van der Waals surface area (Å²) in [6.07, 6.45) is 0.765. The van der Waals surface area contributed by atoms with E-state index in [9.17, 15) is 22.7 Å². The highest BCUT2D eigenvalue weighted by atomic mass is 32.2. The molecule has 0 saturated carbocycles. The van der Waals surface area contributed by atoms with Gasteiger partial charge in [-0.15, -0.1) is 0 Å². The molecule has 0 bridgehead atoms. The SMILES string of the molecule is CCCNC(=O)c1cccc(S(=O)(=O)NC(CO)c2ccc(F)cc2)c1. The van der Waals surface area contributed by atoms with Gasteiger partial charge in [-0.3, -0.25) is 4.79 Å². The van der Waals surface area contributed by atoms with E-state index in [4.69, 9.17) is 0 Å². The van der Waals surface area contributed by atoms with E-state index in [0.29, 0.717) is 12.1 Å². The van der Waals surface area contributed by atoms with E-state index in [1.807, 2.05) is 6.92 Å². The van der Waals surface area contributed by atoms with Crippen molar-refractivity contribution in [3.05, 3.63) is 65.5 Å². The average molecular weight is 380 g/mol. The quantitative estimate of drug-likeness (QED) is 0.653. The van der Waals surface area contributed by atoms with Gasteiger partial charge >= 0.3 is 0 Å². The minimum atomic E-state index is -3.99. The lowest BCUT2D eigenvalue weighted by molar-refractivity contribution is 0.0953. The Hall–Kier alpha value is -2.29. The first-order chi connectivity index (χ1) is 12.4. The Labute approximate surface area is 152 Å². The molecule has 2 rings (SSSR count). The van der Waals surface area contributed by atoms with E-state index < -0.39 is 28.5 Å². The summed E-state index contributed by atoms with van der Waals surface area (Å²) in [5, 5.41) is 12.2. The van der Waals surface area contributed by atoms with Crippen LogP contribution < -0.4 is 10.0 Å². The molecule has 2 aromatic rings. The first kappa shape index (κ1) is 20.0. The maximum absolute atomic E-state index is 13.0. The average Bonchev–Trinajstić information content (AvgIpc) is 2.65.